The van der Waals surface area contributed by atoms with Crippen molar-refractivity contribution in [2.75, 3.05) is 5.73 Å². The van der Waals surface area contributed by atoms with Crippen molar-refractivity contribution in [3.05, 3.63) is 59.2 Å². The van der Waals surface area contributed by atoms with Crippen LogP contribution in [0.4, 0.5) is 5.69 Å². The molecule has 4 heteroatoms. The van der Waals surface area contributed by atoms with Gasteiger partial charge in [-0.3, -0.25) is 0 Å². The zero-order valence-corrected chi connectivity index (χ0v) is 10.6. The Morgan fingerprint density at radius 3 is 2.74 bits per heavy atom. The van der Waals surface area contributed by atoms with Crippen molar-refractivity contribution in [1.29, 1.82) is 0 Å². The number of carboxylic acid groups (broad SMARTS) is 1. The highest BCUT2D eigenvalue weighted by molar-refractivity contribution is 5.92. The van der Waals surface area contributed by atoms with Gasteiger partial charge >= 0.3 is 5.97 Å². The number of rotatable bonds is 4. The van der Waals surface area contributed by atoms with E-state index in [1.54, 1.807) is 12.1 Å². The number of nitrogens with two attached hydrogens (primary N) is 1. The molecule has 2 aromatic rings. The van der Waals surface area contributed by atoms with Crippen LogP contribution in [0.2, 0.25) is 0 Å². The molecule has 19 heavy (non-hydrogen) atoms. The van der Waals surface area contributed by atoms with Gasteiger partial charge in [0.1, 0.15) is 17.9 Å². The van der Waals surface area contributed by atoms with E-state index in [0.29, 0.717) is 18.0 Å². The van der Waals surface area contributed by atoms with E-state index in [0.717, 1.165) is 11.1 Å². The first-order chi connectivity index (χ1) is 9.06. The molecule has 0 radical (unpaired) electrons. The Hall–Kier alpha value is -2.49. The normalized spacial score (nSPS) is 10.2. The highest BCUT2D eigenvalue weighted by atomic mass is 16.5. The molecule has 2 aromatic carbocycles. The minimum absolute atomic E-state index is 0.0765. The molecule has 0 aliphatic heterocycles. The minimum atomic E-state index is -1.05. The van der Waals surface area contributed by atoms with Gasteiger partial charge in [0.05, 0.1) is 0 Å². The molecule has 0 saturated heterocycles. The first kappa shape index (κ1) is 13.0. The van der Waals surface area contributed by atoms with Gasteiger partial charge in [-0.05, 0) is 30.7 Å². The number of aromatic carboxylic acids is 1. The maximum absolute atomic E-state index is 11.1. The molecule has 0 saturated carbocycles. The van der Waals surface area contributed by atoms with E-state index in [-0.39, 0.29) is 5.56 Å². The van der Waals surface area contributed by atoms with Crippen LogP contribution >= 0.6 is 0 Å². The van der Waals surface area contributed by atoms with E-state index in [1.807, 2.05) is 31.2 Å². The third kappa shape index (κ3) is 3.25. The van der Waals surface area contributed by atoms with Crippen LogP contribution in [0.1, 0.15) is 21.5 Å². The summed E-state index contributed by atoms with van der Waals surface area (Å²) in [5, 5.41) is 9.10. The van der Waals surface area contributed by atoms with Crippen LogP contribution in [-0.2, 0) is 6.61 Å². The molecule has 0 aliphatic rings. The molecule has 98 valence electrons. The molecule has 0 aliphatic carbocycles. The number of nitrogen functional groups attached to an aromatic ring is 1. The molecule has 0 bridgehead atoms. The van der Waals surface area contributed by atoms with Crippen LogP contribution in [0, 0.1) is 6.92 Å². The van der Waals surface area contributed by atoms with E-state index >= 15 is 0 Å². The van der Waals surface area contributed by atoms with Gasteiger partial charge in [0.25, 0.3) is 0 Å². The lowest BCUT2D eigenvalue weighted by Gasteiger charge is -2.10. The topological polar surface area (TPSA) is 72.5 Å². The van der Waals surface area contributed by atoms with E-state index < -0.39 is 5.97 Å². The first-order valence-electron chi connectivity index (χ1n) is 5.87. The van der Waals surface area contributed by atoms with Crippen molar-refractivity contribution >= 4 is 11.7 Å². The second-order valence-corrected chi connectivity index (χ2v) is 4.34. The number of ether oxygens (including phenoxy) is 1. The van der Waals surface area contributed by atoms with Gasteiger partial charge in [-0.1, -0.05) is 29.8 Å². The van der Waals surface area contributed by atoms with E-state index in [4.69, 9.17) is 15.6 Å². The average molecular weight is 257 g/mol. The predicted octanol–water partition coefficient (Wildman–Crippen LogP) is 2.85. The van der Waals surface area contributed by atoms with E-state index in [2.05, 4.69) is 0 Å². The third-order valence-electron chi connectivity index (χ3n) is 2.71. The number of hydrogen-bond donors (Lipinski definition) is 2. The van der Waals surface area contributed by atoms with E-state index in [1.165, 1.54) is 6.07 Å². The maximum Gasteiger partial charge on any atom is 0.339 e. The first-order valence-corrected chi connectivity index (χ1v) is 5.87. The molecular weight excluding hydrogens is 242 g/mol. The lowest BCUT2D eigenvalue weighted by molar-refractivity contribution is 0.0692. The van der Waals surface area contributed by atoms with Crippen LogP contribution < -0.4 is 10.5 Å². The summed E-state index contributed by atoms with van der Waals surface area (Å²) in [6, 6.07) is 12.5. The smallest absolute Gasteiger partial charge is 0.339 e. The molecule has 0 atom stereocenters. The lowest BCUT2D eigenvalue weighted by Crippen LogP contribution is -2.04. The number of benzene rings is 2. The summed E-state index contributed by atoms with van der Waals surface area (Å²) in [6.45, 7) is 2.32. The average Bonchev–Trinajstić information content (AvgIpc) is 2.37. The number of anilines is 1. The lowest BCUT2D eigenvalue weighted by atomic mass is 10.1. The summed E-state index contributed by atoms with van der Waals surface area (Å²) in [5.74, 6) is -0.727. The van der Waals surface area contributed by atoms with Gasteiger partial charge < -0.3 is 15.6 Å². The zero-order valence-electron chi connectivity index (χ0n) is 10.6. The summed E-state index contributed by atoms with van der Waals surface area (Å²) in [5.41, 5.74) is 8.18. The van der Waals surface area contributed by atoms with Crippen molar-refractivity contribution in [3.8, 4) is 5.75 Å². The largest absolute Gasteiger partial charge is 0.488 e. The van der Waals surface area contributed by atoms with Crippen LogP contribution in [0.15, 0.2) is 42.5 Å². The summed E-state index contributed by atoms with van der Waals surface area (Å²) in [4.78, 5) is 11.1. The Kier molecular flexibility index (Phi) is 3.71. The molecular formula is C15H15NO3. The van der Waals surface area contributed by atoms with Crippen LogP contribution in [0.3, 0.4) is 0 Å². The van der Waals surface area contributed by atoms with Crippen molar-refractivity contribution in [2.24, 2.45) is 0 Å². The summed E-state index contributed by atoms with van der Waals surface area (Å²) in [7, 11) is 0. The highest BCUT2D eigenvalue weighted by Gasteiger charge is 2.11. The Morgan fingerprint density at radius 1 is 1.26 bits per heavy atom. The summed E-state index contributed by atoms with van der Waals surface area (Å²) < 4.78 is 5.56. The van der Waals surface area contributed by atoms with Gasteiger partial charge in [-0.2, -0.15) is 0 Å². The number of carboxylic acids is 1. The SMILES string of the molecule is Cc1cccc(COc2ccc(N)cc2C(=O)O)c1. The van der Waals surface area contributed by atoms with Crippen molar-refractivity contribution in [1.82, 2.24) is 0 Å². The Labute approximate surface area is 111 Å². The minimum Gasteiger partial charge on any atom is -0.488 e. The van der Waals surface area contributed by atoms with Gasteiger partial charge in [-0.25, -0.2) is 4.79 Å². The fraction of sp³-hybridized carbons (Fsp3) is 0.133. The third-order valence-corrected chi connectivity index (χ3v) is 2.71. The summed E-state index contributed by atoms with van der Waals surface area (Å²) >= 11 is 0. The van der Waals surface area contributed by atoms with Gasteiger partial charge in [0.2, 0.25) is 0 Å². The molecule has 0 fully saturated rings. The van der Waals surface area contributed by atoms with Gasteiger partial charge in [-0.15, -0.1) is 0 Å². The fourth-order valence-electron chi connectivity index (χ4n) is 1.80. The quantitative estimate of drug-likeness (QED) is 0.826. The molecule has 2 rings (SSSR count). The Bertz CT molecular complexity index is 608. The molecule has 0 amide bonds. The molecule has 0 unspecified atom stereocenters. The van der Waals surface area contributed by atoms with Crippen molar-refractivity contribution < 1.29 is 14.6 Å². The van der Waals surface area contributed by atoms with Gasteiger partial charge in [0.15, 0.2) is 0 Å². The fourth-order valence-corrected chi connectivity index (χ4v) is 1.80. The van der Waals surface area contributed by atoms with Crippen LogP contribution in [0.25, 0.3) is 0 Å². The van der Waals surface area contributed by atoms with E-state index in [9.17, 15) is 4.79 Å². The standard InChI is InChI=1S/C15H15NO3/c1-10-3-2-4-11(7-10)9-19-14-6-5-12(16)8-13(14)15(17)18/h2-8H,9,16H2,1H3,(H,17,18). The number of hydrogen-bond acceptors (Lipinski definition) is 3. The van der Waals surface area contributed by atoms with Crippen LogP contribution in [0.5, 0.6) is 5.75 Å². The molecule has 0 spiro atoms. The highest BCUT2D eigenvalue weighted by Crippen LogP contribution is 2.22. The van der Waals surface area contributed by atoms with Crippen molar-refractivity contribution in [2.45, 2.75) is 13.5 Å². The second kappa shape index (κ2) is 5.44. The van der Waals surface area contributed by atoms with Gasteiger partial charge in [0, 0.05) is 5.69 Å². The number of aryl methyl sites for hydroxylation is 1. The zero-order chi connectivity index (χ0) is 13.8. The maximum atomic E-state index is 11.1. The van der Waals surface area contributed by atoms with Crippen LogP contribution in [-0.4, -0.2) is 11.1 Å². The summed E-state index contributed by atoms with van der Waals surface area (Å²) in [6.07, 6.45) is 0. The molecule has 3 N–H and O–H groups in total. The Balaban J connectivity index is 2.17. The molecule has 4 nitrogen and oxygen atoms in total. The monoisotopic (exact) mass is 257 g/mol. The second-order valence-electron chi connectivity index (χ2n) is 4.34. The predicted molar refractivity (Wildman–Crippen MR) is 73.3 cm³/mol. The molecule has 0 heterocycles. The van der Waals surface area contributed by atoms with Crippen molar-refractivity contribution in [3.63, 3.8) is 0 Å². The molecule has 0 aromatic heterocycles. The number of carbonyl (C=O) groups is 1. The Morgan fingerprint density at radius 2 is 2.05 bits per heavy atom.